The van der Waals surface area contributed by atoms with Crippen LogP contribution in [0.4, 0.5) is 0 Å². The molecule has 1 aromatic rings. The van der Waals surface area contributed by atoms with Gasteiger partial charge < -0.3 is 14.2 Å². The molecule has 0 amide bonds. The number of carbonyl (C=O) groups is 1. The third-order valence-electron chi connectivity index (χ3n) is 3.10. The van der Waals surface area contributed by atoms with Crippen molar-refractivity contribution in [2.24, 2.45) is 0 Å². The van der Waals surface area contributed by atoms with Crippen LogP contribution >= 0.6 is 0 Å². The van der Waals surface area contributed by atoms with E-state index in [9.17, 15) is 4.79 Å². The molecule has 0 bridgehead atoms. The third kappa shape index (κ3) is 3.78. The quantitative estimate of drug-likeness (QED) is 0.621. The van der Waals surface area contributed by atoms with E-state index in [0.29, 0.717) is 25.6 Å². The highest BCUT2D eigenvalue weighted by Crippen LogP contribution is 2.25. The number of benzene rings is 1. The maximum absolute atomic E-state index is 11.9. The first-order chi connectivity index (χ1) is 9.06. The smallest absolute Gasteiger partial charge is 0.313 e. The number of hydrogen-bond donors (Lipinski definition) is 0. The molecule has 0 spiro atoms. The molecule has 2 rings (SSSR count). The van der Waals surface area contributed by atoms with E-state index >= 15 is 0 Å². The first-order valence-corrected chi connectivity index (χ1v) is 6.54. The number of hydrogen-bond acceptors (Lipinski definition) is 4. The van der Waals surface area contributed by atoms with Crippen LogP contribution in [-0.2, 0) is 14.3 Å². The molecule has 4 nitrogen and oxygen atoms in total. The van der Waals surface area contributed by atoms with E-state index in [1.807, 2.05) is 32.9 Å². The van der Waals surface area contributed by atoms with Gasteiger partial charge in [-0.05, 0) is 31.9 Å². The van der Waals surface area contributed by atoms with Gasteiger partial charge >= 0.3 is 5.97 Å². The molecule has 4 heteroatoms. The van der Waals surface area contributed by atoms with Gasteiger partial charge in [0.25, 0.3) is 0 Å². The molecule has 1 aliphatic rings. The monoisotopic (exact) mass is 264 g/mol. The molecular weight excluding hydrogens is 244 g/mol. The summed E-state index contributed by atoms with van der Waals surface area (Å²) < 4.78 is 16.2. The van der Waals surface area contributed by atoms with Crippen molar-refractivity contribution < 1.29 is 19.0 Å². The second kappa shape index (κ2) is 6.17. The Kier molecular flexibility index (Phi) is 4.56. The molecule has 0 radical (unpaired) electrons. The second-order valence-corrected chi connectivity index (χ2v) is 4.97. The van der Waals surface area contributed by atoms with Gasteiger partial charge in [-0.15, -0.1) is 0 Å². The summed E-state index contributed by atoms with van der Waals surface area (Å²) in [4.78, 5) is 11.9. The molecule has 1 unspecified atom stereocenters. The molecule has 104 valence electrons. The van der Waals surface area contributed by atoms with Crippen molar-refractivity contribution >= 4 is 5.97 Å². The highest BCUT2D eigenvalue weighted by Gasteiger charge is 2.20. The molecule has 1 atom stereocenters. The minimum absolute atomic E-state index is 0.188. The van der Waals surface area contributed by atoms with Gasteiger partial charge in [0.2, 0.25) is 0 Å². The average Bonchev–Trinajstić information content (AvgIpc) is 2.35. The summed E-state index contributed by atoms with van der Waals surface area (Å²) in [5.74, 6) is 0.387. The Bertz CT molecular complexity index is 438. The number of aryl methyl sites for hydroxylation is 3. The SMILES string of the molecule is Cc1cc(C)c(OC(=O)CC2COCCO2)c(C)c1. The zero-order valence-corrected chi connectivity index (χ0v) is 11.7. The lowest BCUT2D eigenvalue weighted by Gasteiger charge is -2.22. The van der Waals surface area contributed by atoms with E-state index in [1.165, 1.54) is 5.56 Å². The molecule has 0 aliphatic carbocycles. The molecular formula is C15H20O4. The van der Waals surface area contributed by atoms with Crippen molar-refractivity contribution in [3.63, 3.8) is 0 Å². The lowest BCUT2D eigenvalue weighted by atomic mass is 10.1. The number of ether oxygens (including phenoxy) is 3. The molecule has 0 saturated carbocycles. The Hall–Kier alpha value is -1.39. The van der Waals surface area contributed by atoms with E-state index in [2.05, 4.69) is 0 Å². The van der Waals surface area contributed by atoms with Crippen LogP contribution in [0.2, 0.25) is 0 Å². The fourth-order valence-corrected chi connectivity index (χ4v) is 2.32. The van der Waals surface area contributed by atoms with Gasteiger partial charge in [-0.3, -0.25) is 4.79 Å². The zero-order chi connectivity index (χ0) is 13.8. The Morgan fingerprint density at radius 1 is 1.26 bits per heavy atom. The fraction of sp³-hybridized carbons (Fsp3) is 0.533. The predicted molar refractivity (Wildman–Crippen MR) is 71.5 cm³/mol. The van der Waals surface area contributed by atoms with Gasteiger partial charge in [-0.25, -0.2) is 0 Å². The third-order valence-corrected chi connectivity index (χ3v) is 3.10. The highest BCUT2D eigenvalue weighted by atomic mass is 16.6. The maximum atomic E-state index is 11.9. The van der Waals surface area contributed by atoms with Gasteiger partial charge in [0.1, 0.15) is 5.75 Å². The van der Waals surface area contributed by atoms with Crippen molar-refractivity contribution in [1.82, 2.24) is 0 Å². The lowest BCUT2D eigenvalue weighted by Crippen LogP contribution is -2.31. The van der Waals surface area contributed by atoms with Crippen LogP contribution in [0.3, 0.4) is 0 Å². The second-order valence-electron chi connectivity index (χ2n) is 4.97. The highest BCUT2D eigenvalue weighted by molar-refractivity contribution is 5.74. The summed E-state index contributed by atoms with van der Waals surface area (Å²) in [6.07, 6.45) is 0.0412. The van der Waals surface area contributed by atoms with E-state index < -0.39 is 0 Å². The van der Waals surface area contributed by atoms with Crippen molar-refractivity contribution in [1.29, 1.82) is 0 Å². The average molecular weight is 264 g/mol. The van der Waals surface area contributed by atoms with Crippen LogP contribution in [0.25, 0.3) is 0 Å². The molecule has 0 aromatic heterocycles. The fourth-order valence-electron chi connectivity index (χ4n) is 2.32. The van der Waals surface area contributed by atoms with Gasteiger partial charge in [0.05, 0.1) is 32.3 Å². The van der Waals surface area contributed by atoms with Crippen LogP contribution in [-0.4, -0.2) is 31.9 Å². The van der Waals surface area contributed by atoms with E-state index in [-0.39, 0.29) is 18.5 Å². The molecule has 0 N–H and O–H groups in total. The Labute approximate surface area is 113 Å². The van der Waals surface area contributed by atoms with Gasteiger partial charge in [-0.2, -0.15) is 0 Å². The van der Waals surface area contributed by atoms with Crippen LogP contribution in [0, 0.1) is 20.8 Å². The van der Waals surface area contributed by atoms with Crippen molar-refractivity contribution in [3.05, 3.63) is 28.8 Å². The Balaban J connectivity index is 1.98. The normalized spacial score (nSPS) is 19.2. The predicted octanol–water partition coefficient (Wildman–Crippen LogP) is 2.32. The summed E-state index contributed by atoms with van der Waals surface area (Å²) in [5, 5.41) is 0. The number of rotatable bonds is 3. The van der Waals surface area contributed by atoms with Crippen LogP contribution in [0.15, 0.2) is 12.1 Å². The number of esters is 1. The molecule has 1 heterocycles. The molecule has 19 heavy (non-hydrogen) atoms. The largest absolute Gasteiger partial charge is 0.426 e. The van der Waals surface area contributed by atoms with E-state index in [1.54, 1.807) is 0 Å². The molecule has 1 aromatic carbocycles. The first kappa shape index (κ1) is 14.0. The first-order valence-electron chi connectivity index (χ1n) is 6.54. The maximum Gasteiger partial charge on any atom is 0.313 e. The van der Waals surface area contributed by atoms with Crippen LogP contribution in [0.5, 0.6) is 5.75 Å². The van der Waals surface area contributed by atoms with Gasteiger partial charge in [0.15, 0.2) is 0 Å². The summed E-state index contributed by atoms with van der Waals surface area (Å²) in [6.45, 7) is 7.52. The Morgan fingerprint density at radius 3 is 2.53 bits per heavy atom. The molecule has 1 saturated heterocycles. The van der Waals surface area contributed by atoms with Crippen LogP contribution in [0.1, 0.15) is 23.1 Å². The topological polar surface area (TPSA) is 44.8 Å². The minimum atomic E-state index is -0.273. The summed E-state index contributed by atoms with van der Waals surface area (Å²) in [5.41, 5.74) is 3.12. The molecule has 1 fully saturated rings. The number of carbonyl (C=O) groups excluding carboxylic acids is 1. The Morgan fingerprint density at radius 2 is 1.95 bits per heavy atom. The van der Waals surface area contributed by atoms with Crippen molar-refractivity contribution in [2.45, 2.75) is 33.3 Å². The van der Waals surface area contributed by atoms with Gasteiger partial charge in [-0.1, -0.05) is 17.7 Å². The zero-order valence-electron chi connectivity index (χ0n) is 11.7. The standard InChI is InChI=1S/C15H20O4/c1-10-6-11(2)15(12(3)7-10)19-14(16)8-13-9-17-4-5-18-13/h6-7,13H,4-5,8-9H2,1-3H3. The summed E-state index contributed by atoms with van der Waals surface area (Å²) in [7, 11) is 0. The van der Waals surface area contributed by atoms with E-state index in [4.69, 9.17) is 14.2 Å². The minimum Gasteiger partial charge on any atom is -0.426 e. The van der Waals surface area contributed by atoms with E-state index in [0.717, 1.165) is 11.1 Å². The van der Waals surface area contributed by atoms with Crippen LogP contribution < -0.4 is 4.74 Å². The van der Waals surface area contributed by atoms with Crippen molar-refractivity contribution in [3.8, 4) is 5.75 Å². The van der Waals surface area contributed by atoms with Gasteiger partial charge in [0, 0.05) is 0 Å². The molecule has 1 aliphatic heterocycles. The summed E-state index contributed by atoms with van der Waals surface area (Å²) in [6, 6.07) is 4.02. The summed E-state index contributed by atoms with van der Waals surface area (Å²) >= 11 is 0. The lowest BCUT2D eigenvalue weighted by molar-refractivity contribution is -0.143. The van der Waals surface area contributed by atoms with Crippen molar-refractivity contribution in [2.75, 3.05) is 19.8 Å².